The van der Waals surface area contributed by atoms with Gasteiger partial charge >= 0.3 is 6.09 Å². The SMILES string of the molecule is CC(C)COC(=O)NCc1ccc(O)c2c1C[C@H]1CC3[C@H](N(C)C)C(=O)C(C(N)=O)=C(O)[C@@]3(O)C(=O)C1=C2O. The standard InChI is InChI=1S/C27H33N3O9/c1-11(2)10-39-26(37)29-9-12-5-6-16(31)18-14(12)7-13-8-15-20(30(3)4)22(33)19(25(28)36)24(35)27(15,38)23(34)17(13)21(18)32/h5-6,11,13,15,20,31-32,35,38H,7-10H2,1-4H3,(H2,28,36)(H,29,37)/t13-,15?,20-,27-/m0/s1. The van der Waals surface area contributed by atoms with Crippen LogP contribution in [0.4, 0.5) is 4.79 Å². The lowest BCUT2D eigenvalue weighted by Gasteiger charge is -2.50. The van der Waals surface area contributed by atoms with Gasteiger partial charge in [0.25, 0.3) is 5.91 Å². The number of phenolic OH excluding ortho intramolecular Hbond substituents is 1. The second-order valence-electron chi connectivity index (χ2n) is 10.9. The minimum Gasteiger partial charge on any atom is -0.508 e. The molecule has 4 atom stereocenters. The van der Waals surface area contributed by atoms with E-state index in [4.69, 9.17) is 10.5 Å². The average Bonchev–Trinajstić information content (AvgIpc) is 2.84. The summed E-state index contributed by atoms with van der Waals surface area (Å²) in [5.74, 6) is -6.97. The van der Waals surface area contributed by atoms with Gasteiger partial charge in [0.15, 0.2) is 11.4 Å². The maximum Gasteiger partial charge on any atom is 0.407 e. The molecule has 0 aliphatic heterocycles. The van der Waals surface area contributed by atoms with E-state index in [0.717, 1.165) is 0 Å². The fourth-order valence-electron chi connectivity index (χ4n) is 5.93. The van der Waals surface area contributed by atoms with E-state index in [1.165, 1.54) is 25.1 Å². The number of amides is 2. The number of ether oxygens (including phenoxy) is 1. The van der Waals surface area contributed by atoms with E-state index >= 15 is 0 Å². The molecule has 0 heterocycles. The molecule has 1 aromatic rings. The second kappa shape index (κ2) is 10.0. The van der Waals surface area contributed by atoms with Crippen molar-refractivity contribution >= 4 is 29.3 Å². The molecule has 39 heavy (non-hydrogen) atoms. The number of ketones is 2. The minimum absolute atomic E-state index is 0.0144. The number of aliphatic hydroxyl groups excluding tert-OH is 2. The summed E-state index contributed by atoms with van der Waals surface area (Å²) in [6.45, 7) is 4.04. The number of hydrogen-bond donors (Lipinski definition) is 6. The number of nitrogens with zero attached hydrogens (tertiary/aromatic N) is 1. The predicted octanol–water partition coefficient (Wildman–Crippen LogP) is 0.846. The summed E-state index contributed by atoms with van der Waals surface area (Å²) in [4.78, 5) is 52.6. The van der Waals surface area contributed by atoms with Crippen LogP contribution in [0.1, 0.15) is 37.0 Å². The second-order valence-corrected chi connectivity index (χ2v) is 10.9. The zero-order chi connectivity index (χ0) is 29.0. The third kappa shape index (κ3) is 4.43. The van der Waals surface area contributed by atoms with Gasteiger partial charge < -0.3 is 36.2 Å². The number of likely N-dealkylation sites (N-methyl/N-ethyl adjacent to an activating group) is 1. The number of benzene rings is 1. The molecule has 1 fully saturated rings. The molecule has 4 rings (SSSR count). The molecular weight excluding hydrogens is 510 g/mol. The maximum atomic E-state index is 13.8. The number of phenols is 1. The van der Waals surface area contributed by atoms with Crippen LogP contribution in [0.3, 0.4) is 0 Å². The van der Waals surface area contributed by atoms with Gasteiger partial charge in [0.05, 0.1) is 18.2 Å². The molecule has 0 radical (unpaired) electrons. The van der Waals surface area contributed by atoms with Crippen molar-refractivity contribution in [2.75, 3.05) is 20.7 Å². The van der Waals surface area contributed by atoms with E-state index in [1.807, 2.05) is 13.8 Å². The number of aliphatic hydroxyl groups is 3. The Morgan fingerprint density at radius 1 is 1.21 bits per heavy atom. The topological polar surface area (TPSA) is 200 Å². The molecule has 12 nitrogen and oxygen atoms in total. The van der Waals surface area contributed by atoms with E-state index in [2.05, 4.69) is 5.32 Å². The normalized spacial score (nSPS) is 26.4. The van der Waals surface area contributed by atoms with E-state index in [9.17, 15) is 39.6 Å². The van der Waals surface area contributed by atoms with Crippen molar-refractivity contribution in [2.45, 2.75) is 44.9 Å². The van der Waals surface area contributed by atoms with Crippen LogP contribution in [0, 0.1) is 17.8 Å². The zero-order valence-corrected chi connectivity index (χ0v) is 22.1. The number of Topliss-reactive ketones (excluding diaryl/α,β-unsaturated/α-hetero) is 2. The van der Waals surface area contributed by atoms with Crippen molar-refractivity contribution in [1.82, 2.24) is 10.2 Å². The molecule has 7 N–H and O–H groups in total. The third-order valence-corrected chi connectivity index (χ3v) is 7.67. The van der Waals surface area contributed by atoms with E-state index in [0.29, 0.717) is 11.1 Å². The van der Waals surface area contributed by atoms with Gasteiger partial charge in [-0.25, -0.2) is 4.79 Å². The van der Waals surface area contributed by atoms with Gasteiger partial charge in [-0.3, -0.25) is 19.3 Å². The molecule has 1 unspecified atom stereocenters. The van der Waals surface area contributed by atoms with Gasteiger partial charge in [-0.1, -0.05) is 19.9 Å². The summed E-state index contributed by atoms with van der Waals surface area (Å²) >= 11 is 0. The Balaban J connectivity index is 1.79. The molecule has 0 spiro atoms. The van der Waals surface area contributed by atoms with Crippen LogP contribution in [0.2, 0.25) is 0 Å². The van der Waals surface area contributed by atoms with Crippen LogP contribution in [0.15, 0.2) is 29.0 Å². The number of carbonyl (C=O) groups is 4. The molecule has 1 saturated carbocycles. The van der Waals surface area contributed by atoms with Gasteiger partial charge in [0.1, 0.15) is 22.8 Å². The van der Waals surface area contributed by atoms with E-state index in [-0.39, 0.29) is 48.8 Å². The number of aromatic hydroxyl groups is 1. The van der Waals surface area contributed by atoms with Gasteiger partial charge in [-0.15, -0.1) is 0 Å². The van der Waals surface area contributed by atoms with Crippen molar-refractivity contribution in [3.8, 4) is 5.75 Å². The monoisotopic (exact) mass is 543 g/mol. The number of rotatable bonds is 6. The molecule has 12 heteroatoms. The molecule has 2 amide bonds. The quantitative estimate of drug-likeness (QED) is 0.279. The summed E-state index contributed by atoms with van der Waals surface area (Å²) in [5, 5.41) is 47.0. The number of alkyl carbamates (subject to hydrolysis) is 1. The highest BCUT2D eigenvalue weighted by Gasteiger charge is 2.64. The number of carbonyl (C=O) groups excluding carboxylic acids is 4. The Kier molecular flexibility index (Phi) is 7.21. The summed E-state index contributed by atoms with van der Waals surface area (Å²) in [7, 11) is 3.07. The van der Waals surface area contributed by atoms with Gasteiger partial charge in [-0.05, 0) is 56.0 Å². The first-order valence-electron chi connectivity index (χ1n) is 12.6. The number of nitrogens with two attached hydrogens (primary N) is 1. The van der Waals surface area contributed by atoms with Crippen molar-refractivity contribution in [3.63, 3.8) is 0 Å². The van der Waals surface area contributed by atoms with Crippen LogP contribution >= 0.6 is 0 Å². The summed E-state index contributed by atoms with van der Waals surface area (Å²) in [6, 6.07) is 1.72. The van der Waals surface area contributed by atoms with Gasteiger partial charge in [0.2, 0.25) is 5.78 Å². The fraction of sp³-hybridized carbons (Fsp3) is 0.481. The molecule has 1 aromatic carbocycles. The lowest BCUT2D eigenvalue weighted by molar-refractivity contribution is -0.153. The first-order chi connectivity index (χ1) is 18.2. The number of hydrogen-bond acceptors (Lipinski definition) is 10. The molecule has 0 saturated heterocycles. The smallest absolute Gasteiger partial charge is 0.407 e. The average molecular weight is 544 g/mol. The highest BCUT2D eigenvalue weighted by molar-refractivity contribution is 6.24. The third-order valence-electron chi connectivity index (χ3n) is 7.67. The fourth-order valence-corrected chi connectivity index (χ4v) is 5.93. The Morgan fingerprint density at radius 3 is 2.46 bits per heavy atom. The molecule has 210 valence electrons. The van der Waals surface area contributed by atoms with Gasteiger partial charge in [-0.2, -0.15) is 0 Å². The van der Waals surface area contributed by atoms with Gasteiger partial charge in [0, 0.05) is 18.0 Å². The Morgan fingerprint density at radius 2 is 1.87 bits per heavy atom. The first-order valence-corrected chi connectivity index (χ1v) is 12.6. The first kappa shape index (κ1) is 28.1. The van der Waals surface area contributed by atoms with Crippen molar-refractivity contribution < 1.29 is 44.3 Å². The Labute approximate surface area is 224 Å². The Hall–Kier alpha value is -3.90. The summed E-state index contributed by atoms with van der Waals surface area (Å²) in [6.07, 6.45) is -0.534. The van der Waals surface area contributed by atoms with Crippen molar-refractivity contribution in [1.29, 1.82) is 0 Å². The largest absolute Gasteiger partial charge is 0.508 e. The van der Waals surface area contributed by atoms with Crippen LogP contribution in [0.5, 0.6) is 5.75 Å². The van der Waals surface area contributed by atoms with Crippen LogP contribution in [-0.2, 0) is 32.1 Å². The summed E-state index contributed by atoms with van der Waals surface area (Å²) < 4.78 is 5.14. The highest BCUT2D eigenvalue weighted by atomic mass is 16.5. The van der Waals surface area contributed by atoms with Crippen molar-refractivity contribution in [2.24, 2.45) is 23.5 Å². The minimum atomic E-state index is -2.69. The Bertz CT molecular complexity index is 1330. The van der Waals surface area contributed by atoms with Crippen LogP contribution < -0.4 is 11.1 Å². The summed E-state index contributed by atoms with van der Waals surface area (Å²) in [5.41, 5.74) is 2.53. The molecule has 0 aromatic heterocycles. The predicted molar refractivity (Wildman–Crippen MR) is 137 cm³/mol. The molecule has 3 aliphatic rings. The zero-order valence-electron chi connectivity index (χ0n) is 22.1. The number of primary amides is 1. The van der Waals surface area contributed by atoms with E-state index < -0.39 is 64.1 Å². The van der Waals surface area contributed by atoms with Crippen LogP contribution in [-0.4, -0.2) is 81.2 Å². The lowest BCUT2D eigenvalue weighted by atomic mass is 9.57. The number of fused-ring (bicyclic) bond motifs is 3. The van der Waals surface area contributed by atoms with E-state index in [1.54, 1.807) is 6.07 Å². The lowest BCUT2D eigenvalue weighted by Crippen LogP contribution is -2.65. The highest BCUT2D eigenvalue weighted by Crippen LogP contribution is 2.52. The van der Waals surface area contributed by atoms with Crippen molar-refractivity contribution in [3.05, 3.63) is 45.7 Å². The maximum absolute atomic E-state index is 13.8. The molecule has 0 bridgehead atoms. The molecular formula is C27H33N3O9. The molecule has 3 aliphatic carbocycles. The number of nitrogens with one attached hydrogen (secondary N) is 1. The van der Waals surface area contributed by atoms with Crippen LogP contribution in [0.25, 0.3) is 5.76 Å².